The highest BCUT2D eigenvalue weighted by Gasteiger charge is 2.28. The highest BCUT2D eigenvalue weighted by molar-refractivity contribution is 7.47. The number of phosphoric acid groups is 1. The van der Waals surface area contributed by atoms with Crippen molar-refractivity contribution in [3.05, 3.63) is 170 Å². The molecule has 0 spiro atoms. The van der Waals surface area contributed by atoms with Gasteiger partial charge in [0.25, 0.3) is 0 Å². The second-order valence-corrected chi connectivity index (χ2v) is 17.7. The highest BCUT2D eigenvalue weighted by atomic mass is 31.2. The molecule has 11 nitrogen and oxygen atoms in total. The van der Waals surface area contributed by atoms with E-state index in [4.69, 9.17) is 23.3 Å². The zero-order valence-corrected chi connectivity index (χ0v) is 44.7. The second kappa shape index (κ2) is 52.2. The molecule has 0 aliphatic rings. The summed E-state index contributed by atoms with van der Waals surface area (Å²) in [6, 6.07) is 0. The molecule has 72 heavy (non-hydrogen) atoms. The first-order valence-electron chi connectivity index (χ1n) is 26.0. The van der Waals surface area contributed by atoms with E-state index in [9.17, 15) is 28.9 Å². The van der Waals surface area contributed by atoms with Crippen molar-refractivity contribution in [2.45, 2.75) is 161 Å². The number of aliphatic hydroxyl groups excluding tert-OH is 1. The summed E-state index contributed by atoms with van der Waals surface area (Å²) >= 11 is 0. The van der Waals surface area contributed by atoms with Crippen molar-refractivity contribution in [2.24, 2.45) is 0 Å². The second-order valence-electron chi connectivity index (χ2n) is 16.2. The molecule has 2 N–H and O–H groups in total. The molecular weight excluding hydrogens is 928 g/mol. The van der Waals surface area contributed by atoms with E-state index in [0.717, 1.165) is 83.5 Å². The lowest BCUT2D eigenvalue weighted by molar-refractivity contribution is -0.161. The Morgan fingerprint density at radius 1 is 0.403 bits per heavy atom. The molecule has 3 unspecified atom stereocenters. The number of hydrogen-bond acceptors (Lipinski definition) is 10. The van der Waals surface area contributed by atoms with E-state index >= 15 is 0 Å². The monoisotopic (exact) mass is 1020 g/mol. The Balaban J connectivity index is 5.02. The fourth-order valence-corrected chi connectivity index (χ4v) is 6.61. The van der Waals surface area contributed by atoms with Gasteiger partial charge < -0.3 is 24.2 Å². The Morgan fingerprint density at radius 2 is 0.736 bits per heavy atom. The lowest BCUT2D eigenvalue weighted by Crippen LogP contribution is -2.30. The SMILES string of the molecule is CC/C=C\C/C=C\C/C=C\C/C=C\C/C=C\CCCC(=O)OC(COC(=O)CC/C=C\C/C=C\C/C=C\C/C=C\CC)COP(=O)(O)OCC(CO)OC(=O)C/C=C\C/C=C\C/C=C\C/C=C\C/C=C\CC. The first kappa shape index (κ1) is 66.8. The van der Waals surface area contributed by atoms with Crippen LogP contribution in [0.25, 0.3) is 0 Å². The normalized spacial score (nSPS) is 14.8. The smallest absolute Gasteiger partial charge is 0.462 e. The van der Waals surface area contributed by atoms with Crippen molar-refractivity contribution in [1.82, 2.24) is 0 Å². The van der Waals surface area contributed by atoms with Gasteiger partial charge in [-0.15, -0.1) is 0 Å². The number of carbonyl (C=O) groups is 3. The summed E-state index contributed by atoms with van der Waals surface area (Å²) < 4.78 is 39.1. The van der Waals surface area contributed by atoms with E-state index in [-0.39, 0.29) is 19.3 Å². The van der Waals surface area contributed by atoms with E-state index in [1.807, 2.05) is 42.5 Å². The topological polar surface area (TPSA) is 155 Å². The standard InChI is InChI=1S/C60H89O11P/c1-4-7-10-13-16-19-22-25-27-28-30-33-36-39-42-45-48-51-60(64)71-57(53-67-58(62)49-46-43-40-37-34-31-24-21-18-15-12-9-6-3)55-69-72(65,66)68-54-56(52-61)70-59(63)50-47-44-41-38-35-32-29-26-23-20-17-14-11-8-5-2/h7-12,16-21,25-27,29-31,33-35,38-40,42-44,47,56-57,61H,4-6,13-15,22-24,28,32,36-37,41,45-46,48-55H2,1-3H3,(H,65,66)/b10-7-,11-8-,12-9-,19-16-,20-17-,21-18-,27-25-,29-26-,33-30-,34-31-,38-35-,42-39-,43-40-,47-44-. The molecule has 0 aliphatic carbocycles. The first-order chi connectivity index (χ1) is 35.2. The maximum atomic E-state index is 12.8. The molecule has 0 amide bonds. The number of aliphatic hydroxyl groups is 1. The molecule has 0 fully saturated rings. The maximum Gasteiger partial charge on any atom is 0.472 e. The van der Waals surface area contributed by atoms with Crippen LogP contribution in [-0.4, -0.2) is 66.5 Å². The van der Waals surface area contributed by atoms with Gasteiger partial charge in [0, 0.05) is 12.8 Å². The van der Waals surface area contributed by atoms with Crippen LogP contribution in [0.5, 0.6) is 0 Å². The first-order valence-corrected chi connectivity index (χ1v) is 27.5. The molecule has 0 aromatic carbocycles. The highest BCUT2D eigenvalue weighted by Crippen LogP contribution is 2.43. The molecule has 0 heterocycles. The number of ether oxygens (including phenoxy) is 3. The Kier molecular flexibility index (Phi) is 48.4. The fraction of sp³-hybridized carbons (Fsp3) is 0.483. The van der Waals surface area contributed by atoms with Crippen LogP contribution in [0.1, 0.15) is 149 Å². The predicted molar refractivity (Wildman–Crippen MR) is 297 cm³/mol. The summed E-state index contributed by atoms with van der Waals surface area (Å²) in [4.78, 5) is 48.2. The van der Waals surface area contributed by atoms with Crippen LogP contribution in [-0.2, 0) is 42.2 Å². The Labute approximate surface area is 434 Å². The maximum absolute atomic E-state index is 12.8. The van der Waals surface area contributed by atoms with Gasteiger partial charge in [-0.3, -0.25) is 23.4 Å². The Hall–Kier alpha value is -5.16. The van der Waals surface area contributed by atoms with Crippen molar-refractivity contribution < 1.29 is 52.2 Å². The predicted octanol–water partition coefficient (Wildman–Crippen LogP) is 15.1. The van der Waals surface area contributed by atoms with Gasteiger partial charge in [-0.1, -0.05) is 191 Å². The van der Waals surface area contributed by atoms with Crippen molar-refractivity contribution in [3.63, 3.8) is 0 Å². The molecule has 0 radical (unpaired) electrons. The Bertz CT molecular complexity index is 1850. The van der Waals surface area contributed by atoms with E-state index < -0.39 is 64.4 Å². The molecule has 0 bridgehead atoms. The summed E-state index contributed by atoms with van der Waals surface area (Å²) in [5, 5.41) is 9.76. The summed E-state index contributed by atoms with van der Waals surface area (Å²) in [7, 11) is -4.81. The number of carbonyl (C=O) groups excluding carboxylic acids is 3. The van der Waals surface area contributed by atoms with E-state index in [0.29, 0.717) is 25.7 Å². The summed E-state index contributed by atoms with van der Waals surface area (Å²) in [6.45, 7) is 3.98. The van der Waals surface area contributed by atoms with Crippen molar-refractivity contribution >= 4 is 25.7 Å². The number of allylic oxidation sites excluding steroid dienone is 27. The zero-order chi connectivity index (χ0) is 52.7. The molecule has 400 valence electrons. The van der Waals surface area contributed by atoms with Crippen LogP contribution >= 0.6 is 7.82 Å². The minimum atomic E-state index is -4.81. The quantitative estimate of drug-likeness (QED) is 0.0197. The van der Waals surface area contributed by atoms with Gasteiger partial charge in [-0.05, 0) is 109 Å². The van der Waals surface area contributed by atoms with E-state index in [1.54, 1.807) is 6.08 Å². The van der Waals surface area contributed by atoms with Gasteiger partial charge in [0.1, 0.15) is 12.7 Å². The molecule has 3 atom stereocenters. The van der Waals surface area contributed by atoms with Crippen LogP contribution in [0.3, 0.4) is 0 Å². The van der Waals surface area contributed by atoms with Crippen LogP contribution in [0, 0.1) is 0 Å². The minimum Gasteiger partial charge on any atom is -0.462 e. The number of hydrogen-bond donors (Lipinski definition) is 2. The molecule has 0 saturated carbocycles. The molecular formula is C60H89O11P. The average molecular weight is 1020 g/mol. The largest absolute Gasteiger partial charge is 0.472 e. The van der Waals surface area contributed by atoms with Gasteiger partial charge in [0.15, 0.2) is 6.10 Å². The number of esters is 3. The summed E-state index contributed by atoms with van der Waals surface area (Å²) in [5.41, 5.74) is 0. The van der Waals surface area contributed by atoms with E-state index in [1.165, 1.54) is 0 Å². The summed E-state index contributed by atoms with van der Waals surface area (Å²) in [5.74, 6) is -1.80. The summed E-state index contributed by atoms with van der Waals surface area (Å²) in [6.07, 6.45) is 69.5. The van der Waals surface area contributed by atoms with Gasteiger partial charge >= 0.3 is 25.7 Å². The third kappa shape index (κ3) is 49.8. The third-order valence-electron chi connectivity index (χ3n) is 9.66. The molecule has 0 aromatic heterocycles. The van der Waals surface area contributed by atoms with Gasteiger partial charge in [-0.2, -0.15) is 0 Å². The van der Waals surface area contributed by atoms with Gasteiger partial charge in [0.05, 0.1) is 26.2 Å². The molecule has 0 rings (SSSR count). The van der Waals surface area contributed by atoms with Crippen molar-refractivity contribution in [1.29, 1.82) is 0 Å². The molecule has 12 heteroatoms. The average Bonchev–Trinajstić information content (AvgIpc) is 3.37. The Morgan fingerprint density at radius 3 is 1.12 bits per heavy atom. The number of phosphoric ester groups is 1. The van der Waals surface area contributed by atoms with Crippen LogP contribution in [0.4, 0.5) is 0 Å². The van der Waals surface area contributed by atoms with Crippen LogP contribution < -0.4 is 0 Å². The molecule has 0 saturated heterocycles. The van der Waals surface area contributed by atoms with Crippen molar-refractivity contribution in [2.75, 3.05) is 26.4 Å². The fourth-order valence-electron chi connectivity index (χ4n) is 5.83. The van der Waals surface area contributed by atoms with Crippen LogP contribution in [0.2, 0.25) is 0 Å². The minimum absolute atomic E-state index is 0.0566. The van der Waals surface area contributed by atoms with E-state index in [2.05, 4.69) is 142 Å². The lowest BCUT2D eigenvalue weighted by atomic mass is 10.2. The van der Waals surface area contributed by atoms with Gasteiger partial charge in [0.2, 0.25) is 0 Å². The third-order valence-corrected chi connectivity index (χ3v) is 10.6. The lowest BCUT2D eigenvalue weighted by Gasteiger charge is -2.21. The molecule has 0 aromatic rings. The number of rotatable bonds is 45. The molecule has 0 aliphatic heterocycles. The van der Waals surface area contributed by atoms with Crippen molar-refractivity contribution in [3.8, 4) is 0 Å². The van der Waals surface area contributed by atoms with Crippen LogP contribution in [0.15, 0.2) is 170 Å². The van der Waals surface area contributed by atoms with Gasteiger partial charge in [-0.25, -0.2) is 4.57 Å². The number of unbranched alkanes of at least 4 members (excludes halogenated alkanes) is 1. The zero-order valence-electron chi connectivity index (χ0n) is 43.8.